The summed E-state index contributed by atoms with van der Waals surface area (Å²) in [6, 6.07) is 0. The molecule has 2 rings (SSSR count). The Kier molecular flexibility index (Phi) is 4.02. The first-order chi connectivity index (χ1) is 7.81. The summed E-state index contributed by atoms with van der Waals surface area (Å²) < 4.78 is 2.16. The number of hydrogen-bond acceptors (Lipinski definition) is 2. The number of fused-ring (bicyclic) bond motifs is 1. The maximum atomic E-state index is 9.97. The van der Waals surface area contributed by atoms with Crippen molar-refractivity contribution >= 4 is 0 Å². The van der Waals surface area contributed by atoms with Gasteiger partial charge in [0.05, 0.1) is 6.10 Å². The molecule has 0 radical (unpaired) electrons. The van der Waals surface area contributed by atoms with Crippen LogP contribution in [0.1, 0.15) is 49.3 Å². The Morgan fingerprint density at radius 2 is 2.12 bits per heavy atom. The number of rotatable bonds is 4. The molecule has 16 heavy (non-hydrogen) atoms. The van der Waals surface area contributed by atoms with Gasteiger partial charge in [-0.05, 0) is 37.7 Å². The number of aryl methyl sites for hydroxylation is 2. The molecule has 2 N–H and O–H groups in total. The van der Waals surface area contributed by atoms with Crippen LogP contribution in [-0.4, -0.2) is 21.4 Å². The molecule has 3 heteroatoms. The summed E-state index contributed by atoms with van der Waals surface area (Å²) in [7, 11) is 0. The summed E-state index contributed by atoms with van der Waals surface area (Å²) >= 11 is 0. The van der Waals surface area contributed by atoms with Gasteiger partial charge in [0.15, 0.2) is 0 Å². The van der Waals surface area contributed by atoms with E-state index in [0.717, 1.165) is 44.2 Å². The van der Waals surface area contributed by atoms with E-state index in [1.165, 1.54) is 12.0 Å². The van der Waals surface area contributed by atoms with Gasteiger partial charge in [0.1, 0.15) is 0 Å². The number of unbranched alkanes of at least 4 members (excludes halogenated alkanes) is 1. The Labute approximate surface area is 96.7 Å². The van der Waals surface area contributed by atoms with Gasteiger partial charge in [-0.3, -0.25) is 0 Å². The van der Waals surface area contributed by atoms with Crippen molar-refractivity contribution in [1.29, 1.82) is 0 Å². The number of nitrogens with zero attached hydrogens (tertiary/aromatic N) is 1. The molecule has 0 saturated heterocycles. The summed E-state index contributed by atoms with van der Waals surface area (Å²) in [5.74, 6) is 0. The first-order valence-electron chi connectivity index (χ1n) is 6.28. The summed E-state index contributed by atoms with van der Waals surface area (Å²) in [5.41, 5.74) is 2.44. The molecule has 1 aromatic heterocycles. The van der Waals surface area contributed by atoms with Gasteiger partial charge < -0.3 is 14.8 Å². The summed E-state index contributed by atoms with van der Waals surface area (Å²) in [5, 5.41) is 18.7. The highest BCUT2D eigenvalue weighted by atomic mass is 16.3. The van der Waals surface area contributed by atoms with Crippen LogP contribution >= 0.6 is 0 Å². The van der Waals surface area contributed by atoms with Gasteiger partial charge in [-0.2, -0.15) is 0 Å². The van der Waals surface area contributed by atoms with E-state index in [0.29, 0.717) is 0 Å². The maximum absolute atomic E-state index is 9.97. The van der Waals surface area contributed by atoms with Crippen molar-refractivity contribution in [2.45, 2.75) is 51.2 Å². The minimum absolute atomic E-state index is 0.267. The zero-order valence-electron chi connectivity index (χ0n) is 9.73. The molecular weight excluding hydrogens is 202 g/mol. The molecule has 0 amide bonds. The molecule has 1 unspecified atom stereocenters. The van der Waals surface area contributed by atoms with E-state index in [-0.39, 0.29) is 12.7 Å². The lowest BCUT2D eigenvalue weighted by Crippen LogP contribution is -1.97. The lowest BCUT2D eigenvalue weighted by atomic mass is 10.1. The van der Waals surface area contributed by atoms with Gasteiger partial charge >= 0.3 is 0 Å². The van der Waals surface area contributed by atoms with E-state index >= 15 is 0 Å². The average molecular weight is 223 g/mol. The number of aliphatic hydroxyl groups is 2. The van der Waals surface area contributed by atoms with Gasteiger partial charge in [0.25, 0.3) is 0 Å². The summed E-state index contributed by atoms with van der Waals surface area (Å²) in [4.78, 5) is 0. The van der Waals surface area contributed by atoms with Crippen LogP contribution in [0.5, 0.6) is 0 Å². The molecule has 1 aromatic rings. The summed E-state index contributed by atoms with van der Waals surface area (Å²) in [6.45, 7) is 1.21. The fraction of sp³-hybridized carbons (Fsp3) is 0.692. The van der Waals surface area contributed by atoms with Crippen LogP contribution in [0.3, 0.4) is 0 Å². The topological polar surface area (TPSA) is 45.4 Å². The van der Waals surface area contributed by atoms with Crippen LogP contribution in [0.15, 0.2) is 12.4 Å². The minimum Gasteiger partial charge on any atom is -0.396 e. The monoisotopic (exact) mass is 223 g/mol. The third kappa shape index (κ3) is 2.66. The molecule has 1 atom stereocenters. The van der Waals surface area contributed by atoms with Crippen molar-refractivity contribution in [1.82, 2.24) is 4.57 Å². The predicted octanol–water partition coefficient (Wildman–Crippen LogP) is 2.02. The zero-order chi connectivity index (χ0) is 11.4. The van der Waals surface area contributed by atoms with Gasteiger partial charge in [0.2, 0.25) is 0 Å². The molecular formula is C13H21NO2. The fourth-order valence-electron chi connectivity index (χ4n) is 2.43. The highest BCUT2D eigenvalue weighted by Crippen LogP contribution is 2.29. The predicted molar refractivity (Wildman–Crippen MR) is 63.3 cm³/mol. The van der Waals surface area contributed by atoms with Crippen molar-refractivity contribution in [2.24, 2.45) is 0 Å². The highest BCUT2D eigenvalue weighted by molar-refractivity contribution is 5.27. The molecule has 1 heterocycles. The summed E-state index contributed by atoms with van der Waals surface area (Å²) in [6.07, 6.45) is 10.1. The second-order valence-electron chi connectivity index (χ2n) is 4.67. The second-order valence-corrected chi connectivity index (χ2v) is 4.67. The number of hydrogen-bond donors (Lipinski definition) is 2. The molecule has 1 aliphatic carbocycles. The molecule has 3 nitrogen and oxygen atoms in total. The minimum atomic E-state index is -0.267. The zero-order valence-corrected chi connectivity index (χ0v) is 9.73. The van der Waals surface area contributed by atoms with Crippen LogP contribution in [0.2, 0.25) is 0 Å². The van der Waals surface area contributed by atoms with Crippen LogP contribution in [0, 0.1) is 0 Å². The van der Waals surface area contributed by atoms with E-state index in [4.69, 9.17) is 5.11 Å². The average Bonchev–Trinajstić information content (AvgIpc) is 2.61. The van der Waals surface area contributed by atoms with Crippen molar-refractivity contribution in [3.05, 3.63) is 23.5 Å². The molecule has 90 valence electrons. The molecule has 0 aliphatic heterocycles. The lowest BCUT2D eigenvalue weighted by molar-refractivity contribution is 0.166. The molecule has 0 saturated carbocycles. The van der Waals surface area contributed by atoms with Crippen molar-refractivity contribution in [2.75, 3.05) is 6.61 Å². The SMILES string of the molecule is OCCCCn1cc2c(c1)C(O)CCCC2. The molecule has 0 fully saturated rings. The Hall–Kier alpha value is -0.800. The Balaban J connectivity index is 2.04. The molecule has 0 aromatic carbocycles. The van der Waals surface area contributed by atoms with Crippen LogP contribution in [0.25, 0.3) is 0 Å². The number of aromatic nitrogens is 1. The molecule has 1 aliphatic rings. The van der Waals surface area contributed by atoms with Crippen LogP contribution in [0.4, 0.5) is 0 Å². The van der Waals surface area contributed by atoms with E-state index in [1.807, 2.05) is 0 Å². The van der Waals surface area contributed by atoms with Gasteiger partial charge in [-0.25, -0.2) is 0 Å². The van der Waals surface area contributed by atoms with E-state index < -0.39 is 0 Å². The maximum Gasteiger partial charge on any atom is 0.0807 e. The molecule has 0 spiro atoms. The van der Waals surface area contributed by atoms with E-state index in [1.54, 1.807) is 0 Å². The van der Waals surface area contributed by atoms with Crippen molar-refractivity contribution in [3.8, 4) is 0 Å². The lowest BCUT2D eigenvalue weighted by Gasteiger charge is -2.06. The van der Waals surface area contributed by atoms with Crippen molar-refractivity contribution in [3.63, 3.8) is 0 Å². The first kappa shape index (κ1) is 11.7. The standard InChI is InChI=1S/C13H21NO2/c15-8-4-3-7-14-9-11-5-1-2-6-13(16)12(11)10-14/h9-10,13,15-16H,1-8H2. The third-order valence-electron chi connectivity index (χ3n) is 3.35. The smallest absolute Gasteiger partial charge is 0.0807 e. The van der Waals surface area contributed by atoms with Gasteiger partial charge in [-0.15, -0.1) is 0 Å². The third-order valence-corrected chi connectivity index (χ3v) is 3.35. The Bertz CT molecular complexity index is 333. The van der Waals surface area contributed by atoms with Gasteiger partial charge in [0, 0.05) is 31.1 Å². The molecule has 0 bridgehead atoms. The second kappa shape index (κ2) is 5.51. The largest absolute Gasteiger partial charge is 0.396 e. The first-order valence-corrected chi connectivity index (χ1v) is 6.28. The quantitative estimate of drug-likeness (QED) is 0.606. The Morgan fingerprint density at radius 1 is 1.25 bits per heavy atom. The van der Waals surface area contributed by atoms with Crippen LogP contribution in [-0.2, 0) is 13.0 Å². The van der Waals surface area contributed by atoms with Crippen LogP contribution < -0.4 is 0 Å². The Morgan fingerprint density at radius 3 is 2.94 bits per heavy atom. The van der Waals surface area contributed by atoms with E-state index in [9.17, 15) is 5.11 Å². The normalized spacial score (nSPS) is 20.5. The van der Waals surface area contributed by atoms with E-state index in [2.05, 4.69) is 17.0 Å². The van der Waals surface area contributed by atoms with Crippen molar-refractivity contribution < 1.29 is 10.2 Å². The highest BCUT2D eigenvalue weighted by Gasteiger charge is 2.17. The fourth-order valence-corrected chi connectivity index (χ4v) is 2.43. The van der Waals surface area contributed by atoms with Gasteiger partial charge in [-0.1, -0.05) is 6.42 Å². The number of aliphatic hydroxyl groups excluding tert-OH is 2.